The van der Waals surface area contributed by atoms with Crippen molar-refractivity contribution in [2.24, 2.45) is 0 Å². The summed E-state index contributed by atoms with van der Waals surface area (Å²) in [7, 11) is 0. The van der Waals surface area contributed by atoms with Crippen molar-refractivity contribution >= 4 is 52.1 Å². The normalized spacial score (nSPS) is 10.4. The van der Waals surface area contributed by atoms with E-state index in [0.717, 1.165) is 18.6 Å². The van der Waals surface area contributed by atoms with E-state index in [9.17, 15) is 0 Å². The Morgan fingerprint density at radius 2 is 1.56 bits per heavy atom. The highest BCUT2D eigenvalue weighted by Crippen LogP contribution is 2.37. The van der Waals surface area contributed by atoms with Gasteiger partial charge in [0.05, 0.1) is 23.3 Å². The van der Waals surface area contributed by atoms with Crippen molar-refractivity contribution in [3.05, 3.63) is 57.0 Å². The van der Waals surface area contributed by atoms with Crippen molar-refractivity contribution in [1.29, 1.82) is 0 Å². The molecule has 0 bridgehead atoms. The number of ether oxygens (including phenoxy) is 3. The molecule has 0 fully saturated rings. The first-order valence-corrected chi connectivity index (χ1v) is 9.71. The molecule has 0 aliphatic rings. The number of rotatable bonds is 10. The molecule has 0 aliphatic carbocycles. The predicted molar refractivity (Wildman–Crippen MR) is 113 cm³/mol. The molecule has 4 nitrogen and oxygen atoms in total. The monoisotopic (exact) mass is 449 g/mol. The molecule has 0 spiro atoms. The van der Waals surface area contributed by atoms with Gasteiger partial charge in [-0.15, -0.1) is 0 Å². The van der Waals surface area contributed by atoms with Crippen molar-refractivity contribution in [2.45, 2.75) is 12.8 Å². The van der Waals surface area contributed by atoms with E-state index in [1.54, 1.807) is 18.2 Å². The molecule has 2 rings (SSSR count). The Labute approximate surface area is 178 Å². The van der Waals surface area contributed by atoms with E-state index in [1.165, 1.54) is 6.08 Å². The average Bonchev–Trinajstić information content (AvgIpc) is 2.59. The molecule has 27 heavy (non-hydrogen) atoms. The van der Waals surface area contributed by atoms with E-state index in [4.69, 9.17) is 66.3 Å². The summed E-state index contributed by atoms with van der Waals surface area (Å²) < 4.78 is 16.9. The van der Waals surface area contributed by atoms with Crippen molar-refractivity contribution in [1.82, 2.24) is 0 Å². The summed E-state index contributed by atoms with van der Waals surface area (Å²) in [6.07, 6.45) is 3.12. The minimum absolute atomic E-state index is 0.131. The third-order valence-corrected chi connectivity index (χ3v) is 4.24. The lowest BCUT2D eigenvalue weighted by molar-refractivity contribution is 0.266. The second kappa shape index (κ2) is 11.4. The van der Waals surface area contributed by atoms with Crippen LogP contribution in [0.2, 0.25) is 10.0 Å². The second-order valence-electron chi connectivity index (χ2n) is 5.50. The van der Waals surface area contributed by atoms with Crippen molar-refractivity contribution in [3.8, 4) is 17.2 Å². The van der Waals surface area contributed by atoms with E-state index in [0.29, 0.717) is 40.4 Å². The molecule has 146 valence electrons. The second-order valence-corrected chi connectivity index (χ2v) is 7.32. The first kappa shape index (κ1) is 21.8. The van der Waals surface area contributed by atoms with Crippen molar-refractivity contribution in [2.75, 3.05) is 25.6 Å². The van der Waals surface area contributed by atoms with E-state index in [2.05, 4.69) is 0 Å². The fourth-order valence-electron chi connectivity index (χ4n) is 2.13. The van der Waals surface area contributed by atoms with Gasteiger partial charge < -0.3 is 19.9 Å². The van der Waals surface area contributed by atoms with E-state index < -0.39 is 0 Å². The fourth-order valence-corrected chi connectivity index (χ4v) is 2.83. The third kappa shape index (κ3) is 7.97. The van der Waals surface area contributed by atoms with Crippen LogP contribution in [0.5, 0.6) is 17.2 Å². The van der Waals surface area contributed by atoms with Gasteiger partial charge in [-0.25, -0.2) is 0 Å². The zero-order chi connectivity index (χ0) is 19.6. The van der Waals surface area contributed by atoms with Gasteiger partial charge in [-0.05, 0) is 31.1 Å². The van der Waals surface area contributed by atoms with Crippen LogP contribution in [0.25, 0.3) is 0 Å². The van der Waals surface area contributed by atoms with Crippen LogP contribution >= 0.6 is 46.4 Å². The first-order chi connectivity index (χ1) is 13.0. The maximum atomic E-state index is 6.22. The Hall–Kier alpha value is -1.46. The molecule has 0 amide bonds. The lowest BCUT2D eigenvalue weighted by Crippen LogP contribution is -2.03. The van der Waals surface area contributed by atoms with Crippen LogP contribution in [0.1, 0.15) is 12.8 Å². The van der Waals surface area contributed by atoms with Gasteiger partial charge in [-0.2, -0.15) is 0 Å². The maximum absolute atomic E-state index is 6.22. The number of hydrogen-bond acceptors (Lipinski definition) is 4. The zero-order valence-corrected chi connectivity index (χ0v) is 17.4. The van der Waals surface area contributed by atoms with Crippen LogP contribution in [-0.2, 0) is 0 Å². The van der Waals surface area contributed by atoms with Crippen LogP contribution in [0.4, 0.5) is 5.69 Å². The largest absolute Gasteiger partial charge is 0.494 e. The summed E-state index contributed by atoms with van der Waals surface area (Å²) in [6.45, 7) is 1.24. The summed E-state index contributed by atoms with van der Waals surface area (Å²) in [5, 5.41) is 0.740. The number of benzene rings is 2. The van der Waals surface area contributed by atoms with Crippen molar-refractivity contribution in [3.63, 3.8) is 0 Å². The molecule has 2 aromatic rings. The van der Waals surface area contributed by atoms with Gasteiger partial charge >= 0.3 is 0 Å². The topological polar surface area (TPSA) is 53.7 Å². The van der Waals surface area contributed by atoms with Gasteiger partial charge in [0.1, 0.15) is 22.6 Å². The molecule has 0 saturated carbocycles. The van der Waals surface area contributed by atoms with Crippen LogP contribution in [0.15, 0.2) is 47.0 Å². The highest BCUT2D eigenvalue weighted by atomic mass is 35.5. The Kier molecular flexibility index (Phi) is 9.22. The molecule has 0 saturated heterocycles. The van der Waals surface area contributed by atoms with Crippen LogP contribution < -0.4 is 19.9 Å². The first-order valence-electron chi connectivity index (χ1n) is 8.20. The van der Waals surface area contributed by atoms with Gasteiger partial charge in [-0.1, -0.05) is 52.5 Å². The minimum Gasteiger partial charge on any atom is -0.494 e. The quantitative estimate of drug-likeness (QED) is 0.331. The summed E-state index contributed by atoms with van der Waals surface area (Å²) in [6, 6.07) is 10.6. The Morgan fingerprint density at radius 3 is 2.19 bits per heavy atom. The van der Waals surface area contributed by atoms with Gasteiger partial charge in [0.2, 0.25) is 0 Å². The summed E-state index contributed by atoms with van der Waals surface area (Å²) in [4.78, 5) is 0. The Morgan fingerprint density at radius 1 is 0.889 bits per heavy atom. The van der Waals surface area contributed by atoms with Gasteiger partial charge in [0.25, 0.3) is 0 Å². The molecule has 0 radical (unpaired) electrons. The Bertz CT molecular complexity index is 756. The van der Waals surface area contributed by atoms with Crippen LogP contribution in [0, 0.1) is 0 Å². The molecule has 2 N–H and O–H groups in total. The highest BCUT2D eigenvalue weighted by Gasteiger charge is 2.10. The summed E-state index contributed by atoms with van der Waals surface area (Å²) in [5.41, 5.74) is 6.38. The van der Waals surface area contributed by atoms with E-state index in [1.807, 2.05) is 18.2 Å². The van der Waals surface area contributed by atoms with Crippen LogP contribution in [0.3, 0.4) is 0 Å². The van der Waals surface area contributed by atoms with Crippen molar-refractivity contribution < 1.29 is 14.2 Å². The van der Waals surface area contributed by atoms with Gasteiger partial charge in [-0.3, -0.25) is 0 Å². The molecule has 0 heterocycles. The minimum atomic E-state index is 0.131. The fraction of sp³-hybridized carbons (Fsp3) is 0.263. The Balaban J connectivity index is 1.74. The lowest BCUT2D eigenvalue weighted by Gasteiger charge is -2.12. The van der Waals surface area contributed by atoms with Gasteiger partial charge in [0.15, 0.2) is 5.75 Å². The molecular formula is C19H19Cl4NO3. The number of unbranched alkanes of at least 4 members (excludes halogenated alkanes) is 1. The molecule has 0 unspecified atom stereocenters. The number of anilines is 1. The lowest BCUT2D eigenvalue weighted by atomic mass is 10.3. The third-order valence-electron chi connectivity index (χ3n) is 3.37. The summed E-state index contributed by atoms with van der Waals surface area (Å²) in [5.74, 6) is 1.68. The zero-order valence-electron chi connectivity index (χ0n) is 14.4. The smallest absolute Gasteiger partial charge is 0.156 e. The molecule has 8 heteroatoms. The van der Waals surface area contributed by atoms with E-state index >= 15 is 0 Å². The standard InChI is InChI=1S/C19H19Cl4NO3/c20-16-11-15(26-9-6-18(22)23)12-17(21)19(16)27-8-2-1-7-25-14-5-3-4-13(24)10-14/h3-6,10-12H,1-2,7-9,24H2. The molecule has 0 atom stereocenters. The number of halogens is 4. The SMILES string of the molecule is Nc1cccc(OCCCCOc2c(Cl)cc(OCC=C(Cl)Cl)cc2Cl)c1. The maximum Gasteiger partial charge on any atom is 0.156 e. The van der Waals surface area contributed by atoms with Crippen LogP contribution in [-0.4, -0.2) is 19.8 Å². The molecule has 2 aromatic carbocycles. The molecular weight excluding hydrogens is 432 g/mol. The average molecular weight is 451 g/mol. The van der Waals surface area contributed by atoms with Gasteiger partial charge in [0, 0.05) is 23.9 Å². The number of hydrogen-bond donors (Lipinski definition) is 1. The van der Waals surface area contributed by atoms with E-state index in [-0.39, 0.29) is 11.1 Å². The predicted octanol–water partition coefficient (Wildman–Crippen LogP) is 6.51. The molecule has 0 aliphatic heterocycles. The molecule has 0 aromatic heterocycles. The number of nitrogen functional groups attached to an aromatic ring is 1. The number of nitrogens with two attached hydrogens (primary N) is 1. The summed E-state index contributed by atoms with van der Waals surface area (Å²) >= 11 is 23.5. The highest BCUT2D eigenvalue weighted by molar-refractivity contribution is 6.55.